The van der Waals surface area contributed by atoms with E-state index in [1.807, 2.05) is 44.2 Å². The number of aromatic nitrogens is 3. The summed E-state index contributed by atoms with van der Waals surface area (Å²) >= 11 is 7.94. The van der Waals surface area contributed by atoms with Gasteiger partial charge in [0, 0.05) is 22.4 Å². The first-order valence-corrected chi connectivity index (χ1v) is 11.5. The minimum atomic E-state index is -0.752. The Bertz CT molecular complexity index is 1180. The maximum absolute atomic E-state index is 12.9. The molecule has 0 aliphatic carbocycles. The highest BCUT2D eigenvalue weighted by Gasteiger charge is 2.26. The SMILES string of the molecule is Cc1cc(C)n(-c2ccc(Cl)c(C(=O)OCC(=O)N3CCC(C)Sc4ccccc43)n2)n1. The lowest BCUT2D eigenvalue weighted by Gasteiger charge is -2.22. The Hall–Kier alpha value is -2.84. The van der Waals surface area contributed by atoms with Crippen LogP contribution in [0.2, 0.25) is 5.02 Å². The Morgan fingerprint density at radius 3 is 2.75 bits per heavy atom. The number of anilines is 1. The maximum Gasteiger partial charge on any atom is 0.359 e. The Morgan fingerprint density at radius 2 is 2.00 bits per heavy atom. The van der Waals surface area contributed by atoms with Crippen LogP contribution >= 0.6 is 23.4 Å². The number of amides is 1. The van der Waals surface area contributed by atoms with Gasteiger partial charge < -0.3 is 9.64 Å². The highest BCUT2D eigenvalue weighted by Crippen LogP contribution is 2.37. The molecule has 1 amide bonds. The number of esters is 1. The number of pyridine rings is 1. The highest BCUT2D eigenvalue weighted by molar-refractivity contribution is 8.00. The number of hydrogen-bond acceptors (Lipinski definition) is 6. The van der Waals surface area contributed by atoms with Crippen LogP contribution in [-0.2, 0) is 9.53 Å². The number of thioether (sulfide) groups is 1. The fourth-order valence-electron chi connectivity index (χ4n) is 3.57. The van der Waals surface area contributed by atoms with Crippen LogP contribution in [-0.4, -0.2) is 45.0 Å². The van der Waals surface area contributed by atoms with Crippen LogP contribution in [0, 0.1) is 13.8 Å². The summed E-state index contributed by atoms with van der Waals surface area (Å²) in [6.07, 6.45) is 0.844. The number of para-hydroxylation sites is 1. The normalized spacial score (nSPS) is 15.8. The maximum atomic E-state index is 12.9. The molecule has 7 nitrogen and oxygen atoms in total. The predicted octanol–water partition coefficient (Wildman–Crippen LogP) is 4.61. The third-order valence-electron chi connectivity index (χ3n) is 5.12. The molecule has 1 aromatic carbocycles. The number of fused-ring (bicyclic) bond motifs is 1. The molecule has 2 aromatic heterocycles. The molecular formula is C23H23ClN4O3S. The van der Waals surface area contributed by atoms with E-state index >= 15 is 0 Å². The molecule has 0 radical (unpaired) electrons. The molecule has 1 aliphatic rings. The molecule has 166 valence electrons. The lowest BCUT2D eigenvalue weighted by molar-refractivity contribution is -0.121. The van der Waals surface area contributed by atoms with E-state index in [1.165, 1.54) is 0 Å². The third-order valence-corrected chi connectivity index (χ3v) is 6.66. The Kier molecular flexibility index (Phi) is 6.53. The van der Waals surface area contributed by atoms with Gasteiger partial charge in [0.15, 0.2) is 18.1 Å². The summed E-state index contributed by atoms with van der Waals surface area (Å²) in [4.78, 5) is 32.7. The monoisotopic (exact) mass is 470 g/mol. The molecule has 3 aromatic rings. The molecule has 0 bridgehead atoms. The zero-order chi connectivity index (χ0) is 22.8. The largest absolute Gasteiger partial charge is 0.451 e. The van der Waals surface area contributed by atoms with Crippen molar-refractivity contribution in [2.24, 2.45) is 0 Å². The van der Waals surface area contributed by atoms with E-state index in [-0.39, 0.29) is 16.6 Å². The second-order valence-corrected chi connectivity index (χ2v) is 9.53. The second kappa shape index (κ2) is 9.34. The van der Waals surface area contributed by atoms with E-state index in [4.69, 9.17) is 16.3 Å². The van der Waals surface area contributed by atoms with Gasteiger partial charge in [-0.15, -0.1) is 11.8 Å². The van der Waals surface area contributed by atoms with E-state index < -0.39 is 12.6 Å². The summed E-state index contributed by atoms with van der Waals surface area (Å²) in [5.41, 5.74) is 2.49. The standard InChI is InChI=1S/C23H23ClN4O3S/c1-14-12-15(2)28(26-14)20-9-8-17(24)22(25-20)23(30)31-13-21(29)27-11-10-16(3)32-19-7-5-4-6-18(19)27/h4-9,12,16H,10-11,13H2,1-3H3. The van der Waals surface area contributed by atoms with Crippen LogP contribution in [0.25, 0.3) is 5.82 Å². The molecule has 3 heterocycles. The number of carbonyl (C=O) groups is 2. The molecule has 9 heteroatoms. The van der Waals surface area contributed by atoms with E-state index in [9.17, 15) is 9.59 Å². The van der Waals surface area contributed by atoms with Gasteiger partial charge in [-0.3, -0.25) is 4.79 Å². The zero-order valence-corrected chi connectivity index (χ0v) is 19.6. The molecule has 4 rings (SSSR count). The number of halogens is 1. The van der Waals surface area contributed by atoms with Gasteiger partial charge in [-0.25, -0.2) is 14.5 Å². The minimum Gasteiger partial charge on any atom is -0.451 e. The highest BCUT2D eigenvalue weighted by atomic mass is 35.5. The summed E-state index contributed by atoms with van der Waals surface area (Å²) in [7, 11) is 0. The van der Waals surface area contributed by atoms with Crippen LogP contribution in [0.3, 0.4) is 0 Å². The molecule has 0 spiro atoms. The van der Waals surface area contributed by atoms with Gasteiger partial charge in [0.25, 0.3) is 5.91 Å². The molecule has 1 aliphatic heterocycles. The third kappa shape index (κ3) is 4.66. The average molecular weight is 471 g/mol. The minimum absolute atomic E-state index is 0.0510. The molecule has 32 heavy (non-hydrogen) atoms. The fraction of sp³-hybridized carbons (Fsp3) is 0.304. The van der Waals surface area contributed by atoms with Crippen LogP contribution in [0.1, 0.15) is 35.2 Å². The van der Waals surface area contributed by atoms with Crippen molar-refractivity contribution >= 4 is 40.9 Å². The first-order chi connectivity index (χ1) is 15.3. The molecular weight excluding hydrogens is 448 g/mol. The Balaban J connectivity index is 1.50. The molecule has 0 N–H and O–H groups in total. The molecule has 0 fully saturated rings. The number of carbonyl (C=O) groups excluding carboxylic acids is 2. The van der Waals surface area contributed by atoms with E-state index in [2.05, 4.69) is 17.0 Å². The number of rotatable bonds is 4. The van der Waals surface area contributed by atoms with Gasteiger partial charge in [0.2, 0.25) is 0 Å². The average Bonchev–Trinajstić information content (AvgIpc) is 3.01. The second-order valence-electron chi connectivity index (χ2n) is 7.65. The van der Waals surface area contributed by atoms with Gasteiger partial charge in [-0.05, 0) is 50.6 Å². The Morgan fingerprint density at radius 1 is 1.22 bits per heavy atom. The summed E-state index contributed by atoms with van der Waals surface area (Å²) in [6, 6.07) is 12.9. The molecule has 0 saturated heterocycles. The topological polar surface area (TPSA) is 77.3 Å². The van der Waals surface area contributed by atoms with Crippen LogP contribution in [0.4, 0.5) is 5.69 Å². The number of hydrogen-bond donors (Lipinski definition) is 0. The first-order valence-electron chi connectivity index (χ1n) is 10.3. The van der Waals surface area contributed by atoms with E-state index in [0.717, 1.165) is 28.4 Å². The van der Waals surface area contributed by atoms with E-state index in [0.29, 0.717) is 17.6 Å². The lowest BCUT2D eigenvalue weighted by atomic mass is 10.2. The van der Waals surface area contributed by atoms with Gasteiger partial charge in [0.05, 0.1) is 16.4 Å². The van der Waals surface area contributed by atoms with Crippen molar-refractivity contribution in [1.82, 2.24) is 14.8 Å². The van der Waals surface area contributed by atoms with Crippen molar-refractivity contribution in [1.29, 1.82) is 0 Å². The number of ether oxygens (including phenoxy) is 1. The van der Waals surface area contributed by atoms with Crippen LogP contribution in [0.5, 0.6) is 0 Å². The van der Waals surface area contributed by atoms with Crippen molar-refractivity contribution in [3.8, 4) is 5.82 Å². The summed E-state index contributed by atoms with van der Waals surface area (Å²) in [6.45, 7) is 6.08. The van der Waals surface area contributed by atoms with Crippen molar-refractivity contribution in [2.45, 2.75) is 37.3 Å². The molecule has 1 atom stereocenters. The number of benzene rings is 1. The number of nitrogens with zero attached hydrogens (tertiary/aromatic N) is 4. The smallest absolute Gasteiger partial charge is 0.359 e. The lowest BCUT2D eigenvalue weighted by Crippen LogP contribution is -2.36. The van der Waals surface area contributed by atoms with Gasteiger partial charge in [-0.2, -0.15) is 5.10 Å². The van der Waals surface area contributed by atoms with Gasteiger partial charge in [0.1, 0.15) is 0 Å². The molecule has 0 saturated carbocycles. The van der Waals surface area contributed by atoms with Gasteiger partial charge >= 0.3 is 5.97 Å². The summed E-state index contributed by atoms with van der Waals surface area (Å²) in [5.74, 6) is -0.588. The van der Waals surface area contributed by atoms with Crippen molar-refractivity contribution < 1.29 is 14.3 Å². The fourth-order valence-corrected chi connectivity index (χ4v) is 4.87. The quantitative estimate of drug-likeness (QED) is 0.518. The summed E-state index contributed by atoms with van der Waals surface area (Å²) in [5, 5.41) is 4.92. The van der Waals surface area contributed by atoms with E-state index in [1.54, 1.807) is 33.5 Å². The van der Waals surface area contributed by atoms with Crippen LogP contribution in [0.15, 0.2) is 47.4 Å². The number of aryl methyl sites for hydroxylation is 2. The van der Waals surface area contributed by atoms with Crippen molar-refractivity contribution in [3.05, 3.63) is 64.6 Å². The zero-order valence-electron chi connectivity index (χ0n) is 18.0. The Labute approximate surface area is 195 Å². The van der Waals surface area contributed by atoms with Crippen LogP contribution < -0.4 is 4.90 Å². The van der Waals surface area contributed by atoms with Crippen molar-refractivity contribution in [3.63, 3.8) is 0 Å². The van der Waals surface area contributed by atoms with Gasteiger partial charge in [-0.1, -0.05) is 30.7 Å². The first kappa shape index (κ1) is 22.4. The summed E-state index contributed by atoms with van der Waals surface area (Å²) < 4.78 is 6.94. The van der Waals surface area contributed by atoms with Crippen molar-refractivity contribution in [2.75, 3.05) is 18.1 Å². The molecule has 1 unspecified atom stereocenters. The predicted molar refractivity (Wildman–Crippen MR) is 125 cm³/mol.